The molecule has 26 heavy (non-hydrogen) atoms. The van der Waals surface area contributed by atoms with Crippen molar-refractivity contribution in [2.24, 2.45) is 0 Å². The maximum atomic E-state index is 12.2. The number of rotatable bonds is 7. The highest BCUT2D eigenvalue weighted by Gasteiger charge is 2.21. The zero-order valence-electron chi connectivity index (χ0n) is 15.4. The first-order valence-corrected chi connectivity index (χ1v) is 8.40. The van der Waals surface area contributed by atoms with Crippen molar-refractivity contribution in [3.8, 4) is 5.75 Å². The number of aliphatic hydroxyl groups is 1. The quantitative estimate of drug-likeness (QED) is 0.659. The van der Waals surface area contributed by atoms with E-state index in [0.717, 1.165) is 0 Å². The van der Waals surface area contributed by atoms with Gasteiger partial charge in [0.1, 0.15) is 11.4 Å². The lowest BCUT2D eigenvalue weighted by Crippen LogP contribution is -2.21. The molecule has 2 aromatic rings. The van der Waals surface area contributed by atoms with Crippen LogP contribution in [0.15, 0.2) is 24.3 Å². The van der Waals surface area contributed by atoms with Gasteiger partial charge in [0.05, 0.1) is 12.7 Å². The monoisotopic (exact) mass is 360 g/mol. The molecule has 0 saturated heterocycles. The molecule has 0 spiro atoms. The predicted molar refractivity (Wildman–Crippen MR) is 97.4 cm³/mol. The summed E-state index contributed by atoms with van der Waals surface area (Å²) in [6, 6.07) is 6.90. The number of benzene rings is 1. The number of esters is 1. The normalized spacial score (nSPS) is 11.7. The number of amides is 1. The summed E-state index contributed by atoms with van der Waals surface area (Å²) < 4.78 is 10.4. The number of carbonyl (C=O) groups is 2. The van der Waals surface area contributed by atoms with Crippen molar-refractivity contribution < 1.29 is 24.2 Å². The van der Waals surface area contributed by atoms with E-state index in [1.54, 1.807) is 45.0 Å². The third kappa shape index (κ3) is 4.64. The highest BCUT2D eigenvalue weighted by Crippen LogP contribution is 2.24. The van der Waals surface area contributed by atoms with Crippen LogP contribution in [0, 0.1) is 13.8 Å². The van der Waals surface area contributed by atoms with Crippen LogP contribution in [0.2, 0.25) is 0 Å². The van der Waals surface area contributed by atoms with Crippen LogP contribution >= 0.6 is 0 Å². The minimum atomic E-state index is -0.698. The Morgan fingerprint density at radius 1 is 1.23 bits per heavy atom. The van der Waals surface area contributed by atoms with Gasteiger partial charge in [0.15, 0.2) is 6.61 Å². The van der Waals surface area contributed by atoms with Crippen molar-refractivity contribution >= 4 is 17.6 Å². The fourth-order valence-electron chi connectivity index (χ4n) is 2.80. The molecule has 0 aliphatic carbocycles. The Labute approximate surface area is 152 Å². The van der Waals surface area contributed by atoms with E-state index in [4.69, 9.17) is 9.47 Å². The van der Waals surface area contributed by atoms with Gasteiger partial charge in [-0.3, -0.25) is 4.79 Å². The summed E-state index contributed by atoms with van der Waals surface area (Å²) >= 11 is 0. The molecule has 140 valence electrons. The molecule has 0 saturated carbocycles. The lowest BCUT2D eigenvalue weighted by atomic mass is 10.1. The summed E-state index contributed by atoms with van der Waals surface area (Å²) in [4.78, 5) is 27.1. The van der Waals surface area contributed by atoms with E-state index in [1.165, 1.54) is 0 Å². The highest BCUT2D eigenvalue weighted by atomic mass is 16.5. The molecule has 1 heterocycles. The SMILES string of the molecule is CCOc1ccc(NC(=O)COC(=O)c2[nH]c(C)c([C@H](C)O)c2C)cc1. The fraction of sp³-hybridized carbons (Fsp3) is 0.368. The van der Waals surface area contributed by atoms with Crippen molar-refractivity contribution in [2.45, 2.75) is 33.8 Å². The van der Waals surface area contributed by atoms with Crippen molar-refractivity contribution in [1.29, 1.82) is 0 Å². The zero-order valence-corrected chi connectivity index (χ0v) is 15.4. The van der Waals surface area contributed by atoms with Gasteiger partial charge in [-0.2, -0.15) is 0 Å². The minimum Gasteiger partial charge on any atom is -0.494 e. The Hall–Kier alpha value is -2.80. The van der Waals surface area contributed by atoms with Crippen LogP contribution in [0.1, 0.15) is 47.3 Å². The maximum Gasteiger partial charge on any atom is 0.355 e. The number of hydrogen-bond acceptors (Lipinski definition) is 5. The lowest BCUT2D eigenvalue weighted by Gasteiger charge is -2.08. The molecule has 3 N–H and O–H groups in total. The zero-order chi connectivity index (χ0) is 19.3. The van der Waals surface area contributed by atoms with Crippen LogP contribution < -0.4 is 10.1 Å². The standard InChI is InChI=1S/C19H24N2O5/c1-5-25-15-8-6-14(7-9-15)21-16(23)10-26-19(24)18-11(2)17(13(4)22)12(3)20-18/h6-9,13,20,22H,5,10H2,1-4H3,(H,21,23)/t13-/m0/s1. The van der Waals surface area contributed by atoms with Gasteiger partial charge < -0.3 is 24.9 Å². The van der Waals surface area contributed by atoms with Crippen molar-refractivity contribution in [2.75, 3.05) is 18.5 Å². The maximum absolute atomic E-state index is 12.2. The number of aromatic nitrogens is 1. The largest absolute Gasteiger partial charge is 0.494 e. The molecule has 1 aromatic heterocycles. The summed E-state index contributed by atoms with van der Waals surface area (Å²) in [5, 5.41) is 12.4. The molecule has 2 rings (SSSR count). The van der Waals surface area contributed by atoms with E-state index in [-0.39, 0.29) is 5.69 Å². The van der Waals surface area contributed by atoms with E-state index in [9.17, 15) is 14.7 Å². The first-order valence-electron chi connectivity index (χ1n) is 8.40. The molecule has 0 aliphatic heterocycles. The molecule has 0 fully saturated rings. The second-order valence-corrected chi connectivity index (χ2v) is 5.92. The Balaban J connectivity index is 1.93. The van der Waals surface area contributed by atoms with Gasteiger partial charge >= 0.3 is 5.97 Å². The van der Waals surface area contributed by atoms with Gasteiger partial charge in [0.2, 0.25) is 0 Å². The third-order valence-corrected chi connectivity index (χ3v) is 3.90. The number of hydrogen-bond donors (Lipinski definition) is 3. The van der Waals surface area contributed by atoms with Gasteiger partial charge in [-0.15, -0.1) is 0 Å². The average molecular weight is 360 g/mol. The summed E-state index contributed by atoms with van der Waals surface area (Å²) in [5.41, 5.74) is 2.80. The van der Waals surface area contributed by atoms with Crippen molar-refractivity contribution in [3.05, 3.63) is 46.8 Å². The Kier molecular flexibility index (Phi) is 6.41. The van der Waals surface area contributed by atoms with E-state index >= 15 is 0 Å². The number of aryl methyl sites for hydroxylation is 1. The Morgan fingerprint density at radius 2 is 1.88 bits per heavy atom. The second-order valence-electron chi connectivity index (χ2n) is 5.92. The van der Waals surface area contributed by atoms with E-state index in [2.05, 4.69) is 10.3 Å². The molecular formula is C19H24N2O5. The smallest absolute Gasteiger partial charge is 0.355 e. The molecule has 0 radical (unpaired) electrons. The summed E-state index contributed by atoms with van der Waals surface area (Å²) in [7, 11) is 0. The van der Waals surface area contributed by atoms with Crippen LogP contribution in [0.4, 0.5) is 5.69 Å². The molecule has 1 amide bonds. The molecule has 1 aromatic carbocycles. The molecule has 0 bridgehead atoms. The third-order valence-electron chi connectivity index (χ3n) is 3.90. The van der Waals surface area contributed by atoms with E-state index in [1.807, 2.05) is 6.92 Å². The van der Waals surface area contributed by atoms with Gasteiger partial charge in [0.25, 0.3) is 5.91 Å². The molecule has 1 atom stereocenters. The van der Waals surface area contributed by atoms with Gasteiger partial charge in [-0.05, 0) is 57.5 Å². The molecule has 0 aliphatic rings. The number of nitrogens with one attached hydrogen (secondary N) is 2. The van der Waals surface area contributed by atoms with E-state index in [0.29, 0.717) is 34.9 Å². The number of aromatic amines is 1. The van der Waals surface area contributed by atoms with E-state index < -0.39 is 24.6 Å². The first-order chi connectivity index (χ1) is 12.3. The number of ether oxygens (including phenoxy) is 2. The van der Waals surface area contributed by atoms with Crippen LogP contribution in [0.3, 0.4) is 0 Å². The van der Waals surface area contributed by atoms with Gasteiger partial charge in [-0.1, -0.05) is 0 Å². The number of carbonyl (C=O) groups excluding carboxylic acids is 2. The predicted octanol–water partition coefficient (Wildman–Crippen LogP) is 2.88. The minimum absolute atomic E-state index is 0.243. The molecule has 7 nitrogen and oxygen atoms in total. The number of aliphatic hydroxyl groups excluding tert-OH is 1. The summed E-state index contributed by atoms with van der Waals surface area (Å²) in [6.07, 6.45) is -0.698. The lowest BCUT2D eigenvalue weighted by molar-refractivity contribution is -0.119. The number of H-pyrrole nitrogens is 1. The topological polar surface area (TPSA) is 101 Å². The second kappa shape index (κ2) is 8.53. The first kappa shape index (κ1) is 19.5. The summed E-state index contributed by atoms with van der Waals surface area (Å²) in [5.74, 6) is -0.373. The molecule has 0 unspecified atom stereocenters. The molecular weight excluding hydrogens is 336 g/mol. The number of anilines is 1. The summed E-state index contributed by atoms with van der Waals surface area (Å²) in [6.45, 7) is 7.17. The van der Waals surface area contributed by atoms with Gasteiger partial charge in [0, 0.05) is 16.9 Å². The Bertz CT molecular complexity index is 778. The fourth-order valence-corrected chi connectivity index (χ4v) is 2.80. The van der Waals surface area contributed by atoms with Crippen molar-refractivity contribution in [1.82, 2.24) is 4.98 Å². The molecule has 7 heteroatoms. The van der Waals surface area contributed by atoms with Crippen LogP contribution in [0.5, 0.6) is 5.75 Å². The van der Waals surface area contributed by atoms with Crippen LogP contribution in [-0.2, 0) is 9.53 Å². The van der Waals surface area contributed by atoms with Crippen LogP contribution in [0.25, 0.3) is 0 Å². The van der Waals surface area contributed by atoms with Crippen LogP contribution in [-0.4, -0.2) is 35.2 Å². The van der Waals surface area contributed by atoms with Gasteiger partial charge in [-0.25, -0.2) is 4.79 Å². The Morgan fingerprint density at radius 3 is 2.42 bits per heavy atom. The van der Waals surface area contributed by atoms with Crippen molar-refractivity contribution in [3.63, 3.8) is 0 Å². The highest BCUT2D eigenvalue weighted by molar-refractivity contribution is 5.95. The average Bonchev–Trinajstić information content (AvgIpc) is 2.89.